The highest BCUT2D eigenvalue weighted by atomic mass is 35.5. The first-order chi connectivity index (χ1) is 9.08. The van der Waals surface area contributed by atoms with Gasteiger partial charge in [0.2, 0.25) is 0 Å². The number of hydrogen-bond donors (Lipinski definition) is 1. The molecule has 2 rings (SSSR count). The lowest BCUT2D eigenvalue weighted by molar-refractivity contribution is 0.545. The highest BCUT2D eigenvalue weighted by molar-refractivity contribution is 7.09. The third-order valence-electron chi connectivity index (χ3n) is 2.82. The lowest BCUT2D eigenvalue weighted by Gasteiger charge is -2.18. The van der Waals surface area contributed by atoms with Gasteiger partial charge in [0.05, 0.1) is 10.7 Å². The smallest absolute Gasteiger partial charge is 0.0897 e. The highest BCUT2D eigenvalue weighted by Gasteiger charge is 2.14. The molecule has 102 valence electrons. The Morgan fingerprint density at radius 1 is 1.26 bits per heavy atom. The SMILES string of the molecule is CCNC(Cc1csc(C)n1)c1cc(Cl)cc(Cl)c1. The number of aryl methyl sites for hydroxylation is 1. The minimum atomic E-state index is 0.183. The van der Waals surface area contributed by atoms with Gasteiger partial charge in [0, 0.05) is 27.9 Å². The van der Waals surface area contributed by atoms with Crippen LogP contribution in [0.4, 0.5) is 0 Å². The molecule has 1 atom stereocenters. The summed E-state index contributed by atoms with van der Waals surface area (Å²) in [6.45, 7) is 5.00. The zero-order valence-electron chi connectivity index (χ0n) is 10.9. The summed E-state index contributed by atoms with van der Waals surface area (Å²) in [5, 5.41) is 7.99. The molecule has 0 saturated carbocycles. The molecule has 0 bridgehead atoms. The normalized spacial score (nSPS) is 12.6. The molecule has 1 N–H and O–H groups in total. The Kier molecular flexibility index (Phi) is 5.22. The van der Waals surface area contributed by atoms with Gasteiger partial charge in [-0.3, -0.25) is 0 Å². The zero-order chi connectivity index (χ0) is 13.8. The van der Waals surface area contributed by atoms with E-state index in [1.807, 2.05) is 19.1 Å². The van der Waals surface area contributed by atoms with E-state index in [2.05, 4.69) is 22.6 Å². The predicted molar refractivity (Wildman–Crippen MR) is 83.4 cm³/mol. The number of likely N-dealkylation sites (N-methyl/N-ethyl adjacent to an activating group) is 1. The van der Waals surface area contributed by atoms with Crippen molar-refractivity contribution in [1.29, 1.82) is 0 Å². The molecule has 0 amide bonds. The van der Waals surface area contributed by atoms with Crippen LogP contribution in [0.25, 0.3) is 0 Å². The lowest BCUT2D eigenvalue weighted by atomic mass is 10.0. The van der Waals surface area contributed by atoms with Crippen LogP contribution in [-0.2, 0) is 6.42 Å². The molecule has 2 nitrogen and oxygen atoms in total. The van der Waals surface area contributed by atoms with Gasteiger partial charge in [-0.05, 0) is 37.2 Å². The molecule has 5 heteroatoms. The average molecular weight is 315 g/mol. The minimum absolute atomic E-state index is 0.183. The van der Waals surface area contributed by atoms with Gasteiger partial charge in [0.15, 0.2) is 0 Å². The Morgan fingerprint density at radius 3 is 2.47 bits per heavy atom. The van der Waals surface area contributed by atoms with E-state index in [-0.39, 0.29) is 6.04 Å². The molecule has 2 aromatic rings. The van der Waals surface area contributed by atoms with Crippen LogP contribution in [0.15, 0.2) is 23.6 Å². The summed E-state index contributed by atoms with van der Waals surface area (Å²) >= 11 is 13.8. The number of thiazole rings is 1. The number of nitrogens with zero attached hydrogens (tertiary/aromatic N) is 1. The molecule has 19 heavy (non-hydrogen) atoms. The maximum atomic E-state index is 6.08. The van der Waals surface area contributed by atoms with E-state index < -0.39 is 0 Å². The summed E-state index contributed by atoms with van der Waals surface area (Å²) in [7, 11) is 0. The highest BCUT2D eigenvalue weighted by Crippen LogP contribution is 2.26. The van der Waals surface area contributed by atoms with Gasteiger partial charge in [-0.1, -0.05) is 30.1 Å². The quantitative estimate of drug-likeness (QED) is 0.868. The van der Waals surface area contributed by atoms with Crippen LogP contribution in [-0.4, -0.2) is 11.5 Å². The van der Waals surface area contributed by atoms with Gasteiger partial charge in [0.1, 0.15) is 0 Å². The Hall–Kier alpha value is -0.610. The number of hydrogen-bond acceptors (Lipinski definition) is 3. The molecule has 1 unspecified atom stereocenters. The summed E-state index contributed by atoms with van der Waals surface area (Å²) in [6.07, 6.45) is 0.842. The number of nitrogens with one attached hydrogen (secondary N) is 1. The van der Waals surface area contributed by atoms with Crippen molar-refractivity contribution in [2.75, 3.05) is 6.54 Å². The van der Waals surface area contributed by atoms with Crippen LogP contribution in [0.2, 0.25) is 10.0 Å². The fourth-order valence-corrected chi connectivity index (χ4v) is 3.21. The van der Waals surface area contributed by atoms with Gasteiger partial charge in [-0.15, -0.1) is 11.3 Å². The van der Waals surface area contributed by atoms with Crippen molar-refractivity contribution >= 4 is 34.5 Å². The Bertz CT molecular complexity index is 534. The molecule has 1 aromatic heterocycles. The second kappa shape index (κ2) is 6.71. The molecule has 0 spiro atoms. The monoisotopic (exact) mass is 314 g/mol. The summed E-state index contributed by atoms with van der Waals surface area (Å²) < 4.78 is 0. The topological polar surface area (TPSA) is 24.9 Å². The molecule has 1 aromatic carbocycles. The van der Waals surface area contributed by atoms with E-state index in [0.717, 1.165) is 29.2 Å². The first-order valence-corrected chi connectivity index (χ1v) is 7.82. The molecule has 0 aliphatic rings. The first kappa shape index (κ1) is 14.8. The van der Waals surface area contributed by atoms with Crippen LogP contribution in [0, 0.1) is 6.92 Å². The molecule has 0 fully saturated rings. The molecule has 1 heterocycles. The molecule has 0 aliphatic carbocycles. The van der Waals surface area contributed by atoms with E-state index in [1.54, 1.807) is 17.4 Å². The Labute approximate surface area is 127 Å². The van der Waals surface area contributed by atoms with Crippen LogP contribution in [0.3, 0.4) is 0 Å². The number of rotatable bonds is 5. The van der Waals surface area contributed by atoms with Crippen molar-refractivity contribution in [3.8, 4) is 0 Å². The molecule has 0 radical (unpaired) electrons. The summed E-state index contributed by atoms with van der Waals surface area (Å²) in [6, 6.07) is 5.85. The average Bonchev–Trinajstić information content (AvgIpc) is 2.73. The van der Waals surface area contributed by atoms with E-state index >= 15 is 0 Å². The van der Waals surface area contributed by atoms with Gasteiger partial charge in [-0.25, -0.2) is 4.98 Å². The van der Waals surface area contributed by atoms with E-state index in [0.29, 0.717) is 10.0 Å². The Balaban J connectivity index is 2.23. The number of halogens is 2. The van der Waals surface area contributed by atoms with Crippen molar-refractivity contribution in [2.24, 2.45) is 0 Å². The third-order valence-corrected chi connectivity index (χ3v) is 4.08. The van der Waals surface area contributed by atoms with Crippen LogP contribution < -0.4 is 5.32 Å². The third kappa shape index (κ3) is 4.18. The van der Waals surface area contributed by atoms with Crippen molar-refractivity contribution < 1.29 is 0 Å². The molecular formula is C14H16Cl2N2S. The maximum Gasteiger partial charge on any atom is 0.0897 e. The summed E-state index contributed by atoms with van der Waals surface area (Å²) in [5.41, 5.74) is 2.20. The minimum Gasteiger partial charge on any atom is -0.310 e. The van der Waals surface area contributed by atoms with Gasteiger partial charge < -0.3 is 5.32 Å². The van der Waals surface area contributed by atoms with E-state index in [4.69, 9.17) is 23.2 Å². The van der Waals surface area contributed by atoms with Crippen molar-refractivity contribution in [3.05, 3.63) is 49.9 Å². The molecule has 0 saturated heterocycles. The van der Waals surface area contributed by atoms with Crippen molar-refractivity contribution in [2.45, 2.75) is 26.3 Å². The lowest BCUT2D eigenvalue weighted by Crippen LogP contribution is -2.23. The molecule has 0 aliphatic heterocycles. The van der Waals surface area contributed by atoms with Gasteiger partial charge in [0.25, 0.3) is 0 Å². The second-order valence-electron chi connectivity index (χ2n) is 4.38. The summed E-state index contributed by atoms with van der Waals surface area (Å²) in [4.78, 5) is 4.52. The fraction of sp³-hybridized carbons (Fsp3) is 0.357. The van der Waals surface area contributed by atoms with Gasteiger partial charge >= 0.3 is 0 Å². The van der Waals surface area contributed by atoms with Crippen LogP contribution in [0.1, 0.15) is 29.2 Å². The van der Waals surface area contributed by atoms with Crippen LogP contribution >= 0.6 is 34.5 Å². The largest absolute Gasteiger partial charge is 0.310 e. The van der Waals surface area contributed by atoms with E-state index in [1.165, 1.54) is 0 Å². The van der Waals surface area contributed by atoms with E-state index in [9.17, 15) is 0 Å². The summed E-state index contributed by atoms with van der Waals surface area (Å²) in [5.74, 6) is 0. The second-order valence-corrected chi connectivity index (χ2v) is 6.31. The maximum absolute atomic E-state index is 6.08. The first-order valence-electron chi connectivity index (χ1n) is 6.19. The number of benzene rings is 1. The Morgan fingerprint density at radius 2 is 1.95 bits per heavy atom. The van der Waals surface area contributed by atoms with Gasteiger partial charge in [-0.2, -0.15) is 0 Å². The molecular weight excluding hydrogens is 299 g/mol. The zero-order valence-corrected chi connectivity index (χ0v) is 13.2. The fourth-order valence-electron chi connectivity index (χ4n) is 2.04. The standard InChI is InChI=1S/C14H16Cl2N2S/c1-3-17-14(7-13-8-19-9(2)18-13)10-4-11(15)6-12(16)5-10/h4-6,8,14,17H,3,7H2,1-2H3. The van der Waals surface area contributed by atoms with Crippen molar-refractivity contribution in [1.82, 2.24) is 10.3 Å². The van der Waals surface area contributed by atoms with Crippen LogP contribution in [0.5, 0.6) is 0 Å². The predicted octanol–water partition coefficient (Wildman–Crippen LogP) is 4.65. The number of aromatic nitrogens is 1. The van der Waals surface area contributed by atoms with Crippen molar-refractivity contribution in [3.63, 3.8) is 0 Å².